The van der Waals surface area contributed by atoms with Gasteiger partial charge in [-0.25, -0.2) is 4.79 Å². The molecule has 0 unspecified atom stereocenters. The molecule has 1 aliphatic heterocycles. The summed E-state index contributed by atoms with van der Waals surface area (Å²) < 4.78 is 1.23. The zero-order valence-electron chi connectivity index (χ0n) is 15.6. The number of carbonyl (C=O) groups excluding carboxylic acids is 1. The first-order chi connectivity index (χ1) is 13.0. The minimum Gasteiger partial charge on any atom is -0.353 e. The fraction of sp³-hybridized carbons (Fsp3) is 0.450. The van der Waals surface area contributed by atoms with E-state index in [-0.39, 0.29) is 18.5 Å². The summed E-state index contributed by atoms with van der Waals surface area (Å²) >= 11 is 0. The number of piperidine rings is 1. The first kappa shape index (κ1) is 19.1. The van der Waals surface area contributed by atoms with Crippen molar-refractivity contribution >= 4 is 5.91 Å². The van der Waals surface area contributed by atoms with Crippen LogP contribution in [0.1, 0.15) is 36.4 Å². The lowest BCUT2D eigenvalue weighted by Crippen LogP contribution is -2.42. The Morgan fingerprint density at radius 1 is 1.15 bits per heavy atom. The molecule has 1 aromatic carbocycles. The number of benzene rings is 1. The smallest absolute Gasteiger partial charge is 0.328 e. The maximum atomic E-state index is 12.4. The van der Waals surface area contributed by atoms with Crippen LogP contribution in [0.2, 0.25) is 0 Å². The number of hydrogen-bond acceptors (Lipinski definition) is 4. The highest BCUT2D eigenvalue weighted by Gasteiger charge is 2.22. The molecule has 0 aliphatic carbocycles. The fourth-order valence-electron chi connectivity index (χ4n) is 3.52. The van der Waals surface area contributed by atoms with Gasteiger partial charge < -0.3 is 5.32 Å². The summed E-state index contributed by atoms with van der Waals surface area (Å²) in [6.45, 7) is 4.02. The molecule has 7 heteroatoms. The molecule has 0 bridgehead atoms. The summed E-state index contributed by atoms with van der Waals surface area (Å²) in [5, 5.41) is 2.96. The van der Waals surface area contributed by atoms with Gasteiger partial charge in [0.05, 0.1) is 6.04 Å². The lowest BCUT2D eigenvalue weighted by atomic mass is 10.0. The predicted molar refractivity (Wildman–Crippen MR) is 104 cm³/mol. The lowest BCUT2D eigenvalue weighted by molar-refractivity contribution is -0.122. The van der Waals surface area contributed by atoms with E-state index in [1.54, 1.807) is 6.92 Å². The number of hydrogen-bond donors (Lipinski definition) is 2. The maximum absolute atomic E-state index is 12.4. The molecule has 1 amide bonds. The van der Waals surface area contributed by atoms with E-state index in [0.29, 0.717) is 12.1 Å². The molecule has 144 valence electrons. The number of likely N-dealkylation sites (tertiary alicyclic amines) is 1. The minimum atomic E-state index is -0.573. The van der Waals surface area contributed by atoms with Gasteiger partial charge in [-0.1, -0.05) is 36.8 Å². The molecule has 2 N–H and O–H groups in total. The van der Waals surface area contributed by atoms with E-state index in [9.17, 15) is 14.4 Å². The Hall–Kier alpha value is -2.67. The van der Waals surface area contributed by atoms with Crippen molar-refractivity contribution in [2.75, 3.05) is 19.6 Å². The number of H-pyrrole nitrogens is 1. The third kappa shape index (κ3) is 4.95. The largest absolute Gasteiger partial charge is 0.353 e. The van der Waals surface area contributed by atoms with E-state index in [1.165, 1.54) is 35.6 Å². The Kier molecular flexibility index (Phi) is 6.24. The van der Waals surface area contributed by atoms with Gasteiger partial charge in [-0.05, 0) is 38.4 Å². The molecule has 27 heavy (non-hydrogen) atoms. The van der Waals surface area contributed by atoms with Crippen LogP contribution in [-0.2, 0) is 11.3 Å². The van der Waals surface area contributed by atoms with Crippen molar-refractivity contribution in [3.8, 4) is 0 Å². The van der Waals surface area contributed by atoms with Crippen molar-refractivity contribution in [3.63, 3.8) is 0 Å². The molecule has 1 fully saturated rings. The summed E-state index contributed by atoms with van der Waals surface area (Å²) in [5.74, 6) is -0.249. The van der Waals surface area contributed by atoms with Gasteiger partial charge in [-0.15, -0.1) is 0 Å². The van der Waals surface area contributed by atoms with Gasteiger partial charge in [0.2, 0.25) is 5.91 Å². The van der Waals surface area contributed by atoms with E-state index < -0.39 is 11.2 Å². The van der Waals surface area contributed by atoms with Gasteiger partial charge in [0, 0.05) is 18.3 Å². The molecule has 3 rings (SSSR count). The molecule has 1 atom stereocenters. The topological polar surface area (TPSA) is 87.2 Å². The number of aromatic amines is 1. The minimum absolute atomic E-state index is 0.113. The molecule has 1 saturated heterocycles. The number of nitrogens with one attached hydrogen (secondary N) is 2. The molecule has 0 radical (unpaired) electrons. The number of aryl methyl sites for hydroxylation is 1. The zero-order valence-corrected chi connectivity index (χ0v) is 15.6. The first-order valence-corrected chi connectivity index (χ1v) is 9.40. The van der Waals surface area contributed by atoms with E-state index >= 15 is 0 Å². The van der Waals surface area contributed by atoms with E-state index in [0.717, 1.165) is 13.1 Å². The molecule has 1 aliphatic rings. The second-order valence-electron chi connectivity index (χ2n) is 7.03. The molecule has 2 aromatic rings. The van der Waals surface area contributed by atoms with Crippen LogP contribution < -0.4 is 16.6 Å². The van der Waals surface area contributed by atoms with Crippen LogP contribution in [0.25, 0.3) is 0 Å². The molecule has 7 nitrogen and oxygen atoms in total. The average molecular weight is 370 g/mol. The van der Waals surface area contributed by atoms with Gasteiger partial charge in [0.15, 0.2) is 0 Å². The summed E-state index contributed by atoms with van der Waals surface area (Å²) in [4.78, 5) is 40.3. The van der Waals surface area contributed by atoms with Crippen LogP contribution in [-0.4, -0.2) is 40.0 Å². The summed E-state index contributed by atoms with van der Waals surface area (Å²) in [5.41, 5.74) is 0.580. The van der Waals surface area contributed by atoms with E-state index in [4.69, 9.17) is 0 Å². The maximum Gasteiger partial charge on any atom is 0.328 e. The third-order valence-electron chi connectivity index (χ3n) is 5.01. The Morgan fingerprint density at radius 3 is 2.56 bits per heavy atom. The van der Waals surface area contributed by atoms with E-state index in [2.05, 4.69) is 27.3 Å². The quantitative estimate of drug-likeness (QED) is 0.800. The molecular weight excluding hydrogens is 344 g/mol. The standard InChI is InChI=1S/C20H26N4O3/c1-15-13-24(20(27)22-19(15)26)14-18(25)21-12-17(16-8-4-2-5-9-16)23-10-6-3-7-11-23/h2,4-5,8-9,13,17H,3,6-7,10-12,14H2,1H3,(H,21,25)(H,22,26,27)/t17-/m1/s1. The average Bonchev–Trinajstić information content (AvgIpc) is 2.68. The highest BCUT2D eigenvalue weighted by atomic mass is 16.2. The normalized spacial score (nSPS) is 16.0. The lowest BCUT2D eigenvalue weighted by Gasteiger charge is -2.35. The Bertz CT molecular complexity index is 882. The van der Waals surface area contributed by atoms with Crippen LogP contribution in [0.15, 0.2) is 46.1 Å². The molecule has 2 heterocycles. The summed E-state index contributed by atoms with van der Waals surface area (Å²) in [7, 11) is 0. The van der Waals surface area contributed by atoms with Crippen LogP contribution in [0.4, 0.5) is 0 Å². The number of rotatable bonds is 6. The zero-order chi connectivity index (χ0) is 19.2. The van der Waals surface area contributed by atoms with E-state index in [1.807, 2.05) is 18.2 Å². The highest BCUT2D eigenvalue weighted by Crippen LogP contribution is 2.23. The molecular formula is C20H26N4O3. The fourth-order valence-corrected chi connectivity index (χ4v) is 3.52. The SMILES string of the molecule is Cc1cn(CC(=O)NC[C@H](c2ccccc2)N2CCCCC2)c(=O)[nH]c1=O. The molecule has 0 spiro atoms. The number of aromatic nitrogens is 2. The second kappa shape index (κ2) is 8.81. The van der Waals surface area contributed by atoms with Gasteiger partial charge in [0.1, 0.15) is 6.54 Å². The van der Waals surface area contributed by atoms with Crippen molar-refractivity contribution in [1.29, 1.82) is 0 Å². The van der Waals surface area contributed by atoms with Crippen molar-refractivity contribution in [3.05, 3.63) is 68.5 Å². The van der Waals surface area contributed by atoms with Crippen LogP contribution in [0, 0.1) is 6.92 Å². The summed E-state index contributed by atoms with van der Waals surface area (Å²) in [6.07, 6.45) is 5.01. The Morgan fingerprint density at radius 2 is 1.85 bits per heavy atom. The number of amides is 1. The predicted octanol–water partition coefficient (Wildman–Crippen LogP) is 1.19. The van der Waals surface area contributed by atoms with Crippen LogP contribution in [0.3, 0.4) is 0 Å². The van der Waals surface area contributed by atoms with Crippen molar-refractivity contribution in [2.45, 2.75) is 38.8 Å². The highest BCUT2D eigenvalue weighted by molar-refractivity contribution is 5.75. The number of carbonyl (C=O) groups is 1. The molecule has 1 aromatic heterocycles. The Balaban J connectivity index is 1.68. The number of nitrogens with zero attached hydrogens (tertiary/aromatic N) is 2. The van der Waals surface area contributed by atoms with Gasteiger partial charge >= 0.3 is 5.69 Å². The van der Waals surface area contributed by atoms with Crippen molar-refractivity contribution in [1.82, 2.24) is 19.8 Å². The Labute approximate surface area is 158 Å². The first-order valence-electron chi connectivity index (χ1n) is 9.40. The van der Waals surface area contributed by atoms with Crippen molar-refractivity contribution < 1.29 is 4.79 Å². The van der Waals surface area contributed by atoms with Crippen LogP contribution >= 0.6 is 0 Å². The second-order valence-corrected chi connectivity index (χ2v) is 7.03. The van der Waals surface area contributed by atoms with Gasteiger partial charge in [-0.3, -0.25) is 24.0 Å². The van der Waals surface area contributed by atoms with Crippen molar-refractivity contribution in [2.24, 2.45) is 0 Å². The van der Waals surface area contributed by atoms with Gasteiger partial charge in [-0.2, -0.15) is 0 Å². The third-order valence-corrected chi connectivity index (χ3v) is 5.01. The van der Waals surface area contributed by atoms with Gasteiger partial charge in [0.25, 0.3) is 5.56 Å². The van der Waals surface area contributed by atoms with Crippen LogP contribution in [0.5, 0.6) is 0 Å². The molecule has 0 saturated carbocycles. The summed E-state index contributed by atoms with van der Waals surface area (Å²) in [6, 6.07) is 10.3. The monoisotopic (exact) mass is 370 g/mol.